The van der Waals surface area contributed by atoms with E-state index in [2.05, 4.69) is 0 Å². The molecule has 0 rings (SSSR count). The van der Waals surface area contributed by atoms with Gasteiger partial charge in [-0.05, 0) is 20.3 Å². The van der Waals surface area contributed by atoms with Crippen molar-refractivity contribution in [3.8, 4) is 0 Å². The first kappa shape index (κ1) is 12.4. The van der Waals surface area contributed by atoms with Crippen LogP contribution in [0.3, 0.4) is 0 Å². The van der Waals surface area contributed by atoms with E-state index in [0.717, 1.165) is 12.8 Å². The highest BCUT2D eigenvalue weighted by molar-refractivity contribution is 5.75. The molecular weight excluding hydrogens is 168 g/mol. The third-order valence-corrected chi connectivity index (χ3v) is 2.16. The quantitative estimate of drug-likeness (QED) is 0.472. The Labute approximate surface area is 80.4 Å². The lowest BCUT2D eigenvalue weighted by atomic mass is 9.91. The molecule has 0 aromatic carbocycles. The minimum absolute atomic E-state index is 0.119. The highest BCUT2D eigenvalue weighted by atomic mass is 16.5. The highest BCUT2D eigenvalue weighted by Gasteiger charge is 2.26. The summed E-state index contributed by atoms with van der Waals surface area (Å²) in [5, 5.41) is 0. The van der Waals surface area contributed by atoms with E-state index in [9.17, 15) is 4.79 Å². The molecule has 0 heterocycles. The van der Waals surface area contributed by atoms with Crippen LogP contribution in [0.1, 0.15) is 33.6 Å². The zero-order chi connectivity index (χ0) is 10.3. The van der Waals surface area contributed by atoms with E-state index >= 15 is 0 Å². The number of methoxy groups -OCH3 is 1. The third-order valence-electron chi connectivity index (χ3n) is 2.16. The summed E-state index contributed by atoms with van der Waals surface area (Å²) in [5.74, 6) is -0.119. The monoisotopic (exact) mass is 188 g/mol. The molecule has 0 aliphatic heterocycles. The summed E-state index contributed by atoms with van der Waals surface area (Å²) in [5.41, 5.74) is -0.354. The average molecular weight is 188 g/mol. The lowest BCUT2D eigenvalue weighted by Gasteiger charge is -2.20. The van der Waals surface area contributed by atoms with Gasteiger partial charge in [-0.1, -0.05) is 6.92 Å². The Morgan fingerprint density at radius 1 is 1.31 bits per heavy atom. The molecule has 0 aromatic rings. The van der Waals surface area contributed by atoms with E-state index in [1.165, 1.54) is 0 Å². The van der Waals surface area contributed by atoms with Crippen LogP contribution in [0, 0.1) is 5.41 Å². The summed E-state index contributed by atoms with van der Waals surface area (Å²) in [6.07, 6.45) is 1.57. The Kier molecular flexibility index (Phi) is 5.71. The van der Waals surface area contributed by atoms with E-state index in [1.807, 2.05) is 20.8 Å². The maximum absolute atomic E-state index is 11.4. The van der Waals surface area contributed by atoms with Crippen LogP contribution in [-0.2, 0) is 14.3 Å². The summed E-state index contributed by atoms with van der Waals surface area (Å²) in [6, 6.07) is 0. The van der Waals surface area contributed by atoms with Crippen molar-refractivity contribution in [1.29, 1.82) is 0 Å². The minimum Gasteiger partial charge on any atom is -0.465 e. The van der Waals surface area contributed by atoms with Crippen molar-refractivity contribution < 1.29 is 14.3 Å². The van der Waals surface area contributed by atoms with Gasteiger partial charge in [-0.2, -0.15) is 0 Å². The second kappa shape index (κ2) is 5.97. The number of ether oxygens (including phenoxy) is 2. The number of carbonyl (C=O) groups is 1. The van der Waals surface area contributed by atoms with Gasteiger partial charge in [0.2, 0.25) is 0 Å². The molecule has 0 unspecified atom stereocenters. The summed E-state index contributed by atoms with van der Waals surface area (Å²) >= 11 is 0. The molecule has 0 fully saturated rings. The maximum Gasteiger partial charge on any atom is 0.311 e. The number of esters is 1. The van der Waals surface area contributed by atoms with Crippen LogP contribution in [0.5, 0.6) is 0 Å². The molecule has 0 amide bonds. The smallest absolute Gasteiger partial charge is 0.311 e. The van der Waals surface area contributed by atoms with E-state index in [4.69, 9.17) is 9.47 Å². The zero-order valence-corrected chi connectivity index (χ0v) is 9.05. The van der Waals surface area contributed by atoms with Gasteiger partial charge in [0.1, 0.15) is 0 Å². The number of hydrogen-bond donors (Lipinski definition) is 0. The summed E-state index contributed by atoms with van der Waals surface area (Å²) in [7, 11) is 1.64. The molecule has 0 saturated heterocycles. The lowest BCUT2D eigenvalue weighted by Crippen LogP contribution is -2.26. The fourth-order valence-corrected chi connectivity index (χ4v) is 0.708. The van der Waals surface area contributed by atoms with Crippen molar-refractivity contribution >= 4 is 5.97 Å². The predicted octanol–water partition coefficient (Wildman–Crippen LogP) is 2.00. The van der Waals surface area contributed by atoms with Gasteiger partial charge >= 0.3 is 5.97 Å². The second-order valence-electron chi connectivity index (χ2n) is 3.72. The third kappa shape index (κ3) is 4.88. The molecule has 0 atom stereocenters. The van der Waals surface area contributed by atoms with Gasteiger partial charge in [0.05, 0.1) is 12.0 Å². The van der Waals surface area contributed by atoms with Gasteiger partial charge in [0, 0.05) is 20.1 Å². The first-order valence-electron chi connectivity index (χ1n) is 4.70. The highest BCUT2D eigenvalue weighted by Crippen LogP contribution is 2.21. The molecule has 0 aliphatic rings. The lowest BCUT2D eigenvalue weighted by molar-refractivity contribution is -0.154. The van der Waals surface area contributed by atoms with Crippen LogP contribution in [0.25, 0.3) is 0 Å². The van der Waals surface area contributed by atoms with Crippen LogP contribution >= 0.6 is 0 Å². The van der Waals surface area contributed by atoms with E-state index in [0.29, 0.717) is 13.2 Å². The van der Waals surface area contributed by atoms with Gasteiger partial charge in [0.15, 0.2) is 0 Å². The largest absolute Gasteiger partial charge is 0.465 e. The Hall–Kier alpha value is -0.570. The number of hydrogen-bond acceptors (Lipinski definition) is 3. The topological polar surface area (TPSA) is 35.5 Å². The van der Waals surface area contributed by atoms with E-state index < -0.39 is 0 Å². The first-order chi connectivity index (χ1) is 6.04. The fourth-order valence-electron chi connectivity index (χ4n) is 0.708. The molecule has 0 aromatic heterocycles. The van der Waals surface area contributed by atoms with Crippen LogP contribution in [0.15, 0.2) is 0 Å². The Balaban J connectivity index is 3.62. The molecule has 0 bridgehead atoms. The molecule has 3 nitrogen and oxygen atoms in total. The van der Waals surface area contributed by atoms with Crippen molar-refractivity contribution in [2.45, 2.75) is 33.6 Å². The Morgan fingerprint density at radius 3 is 2.38 bits per heavy atom. The Morgan fingerprint density at radius 2 is 1.92 bits per heavy atom. The molecule has 0 spiro atoms. The van der Waals surface area contributed by atoms with Crippen molar-refractivity contribution in [3.63, 3.8) is 0 Å². The van der Waals surface area contributed by atoms with Crippen molar-refractivity contribution in [3.05, 3.63) is 0 Å². The Bertz CT molecular complexity index is 152. The zero-order valence-electron chi connectivity index (χ0n) is 9.05. The van der Waals surface area contributed by atoms with Crippen molar-refractivity contribution in [2.75, 3.05) is 20.3 Å². The van der Waals surface area contributed by atoms with Gasteiger partial charge < -0.3 is 9.47 Å². The van der Waals surface area contributed by atoms with Crippen LogP contribution in [-0.4, -0.2) is 26.3 Å². The molecule has 0 radical (unpaired) electrons. The van der Waals surface area contributed by atoms with E-state index in [-0.39, 0.29) is 11.4 Å². The number of rotatable bonds is 6. The average Bonchev–Trinajstić information content (AvgIpc) is 2.12. The first-order valence-corrected chi connectivity index (χ1v) is 4.70. The molecule has 3 heteroatoms. The molecule has 13 heavy (non-hydrogen) atoms. The minimum atomic E-state index is -0.354. The molecular formula is C10H20O3. The van der Waals surface area contributed by atoms with Crippen LogP contribution < -0.4 is 0 Å². The molecule has 0 aliphatic carbocycles. The van der Waals surface area contributed by atoms with Gasteiger partial charge in [-0.15, -0.1) is 0 Å². The van der Waals surface area contributed by atoms with E-state index in [1.54, 1.807) is 7.11 Å². The second-order valence-corrected chi connectivity index (χ2v) is 3.72. The molecule has 0 N–H and O–H groups in total. The van der Waals surface area contributed by atoms with Gasteiger partial charge in [0.25, 0.3) is 0 Å². The molecule has 0 saturated carbocycles. The van der Waals surface area contributed by atoms with Crippen molar-refractivity contribution in [2.24, 2.45) is 5.41 Å². The predicted molar refractivity (Wildman–Crippen MR) is 51.5 cm³/mol. The standard InChI is InChI=1S/C10H20O3/c1-5-10(2,3)9(11)13-8-6-7-12-4/h5-8H2,1-4H3. The SMILES string of the molecule is CCC(C)(C)C(=O)OCCCOC. The van der Waals surface area contributed by atoms with Crippen LogP contribution in [0.2, 0.25) is 0 Å². The van der Waals surface area contributed by atoms with Gasteiger partial charge in [-0.25, -0.2) is 0 Å². The molecule has 78 valence electrons. The normalized spacial score (nSPS) is 11.4. The summed E-state index contributed by atoms with van der Waals surface area (Å²) in [6.45, 7) is 6.86. The summed E-state index contributed by atoms with van der Waals surface area (Å²) in [4.78, 5) is 11.4. The maximum atomic E-state index is 11.4. The van der Waals surface area contributed by atoms with Crippen LogP contribution in [0.4, 0.5) is 0 Å². The summed E-state index contributed by atoms with van der Waals surface area (Å²) < 4.78 is 9.93. The van der Waals surface area contributed by atoms with Crippen molar-refractivity contribution in [1.82, 2.24) is 0 Å². The van der Waals surface area contributed by atoms with Gasteiger partial charge in [-0.3, -0.25) is 4.79 Å². The number of carbonyl (C=O) groups excluding carboxylic acids is 1. The fraction of sp³-hybridized carbons (Fsp3) is 0.900.